The van der Waals surface area contributed by atoms with E-state index in [1.807, 2.05) is 36.4 Å². The minimum Gasteiger partial charge on any atom is -0.482 e. The lowest BCUT2D eigenvalue weighted by atomic mass is 9.78. The molecule has 1 aliphatic carbocycles. The van der Waals surface area contributed by atoms with Crippen LogP contribution in [0.15, 0.2) is 48.7 Å². The molecule has 0 saturated heterocycles. The predicted molar refractivity (Wildman–Crippen MR) is 131 cm³/mol. The number of nitrogens with one attached hydrogen (secondary N) is 2. The van der Waals surface area contributed by atoms with Gasteiger partial charge in [-0.05, 0) is 61.9 Å². The van der Waals surface area contributed by atoms with E-state index in [-0.39, 0.29) is 12.5 Å². The van der Waals surface area contributed by atoms with Gasteiger partial charge in [0, 0.05) is 30.1 Å². The van der Waals surface area contributed by atoms with Gasteiger partial charge in [-0.1, -0.05) is 12.2 Å². The standard InChI is InChI=1S/C26H28N4O4/c1-33-24-7-5-20-25(30-24)18(10-13-27-20)3-2-17-8-11-26(32,12-9-17)16-28-19-4-6-22-21(14-19)29-23(31)15-34-22/h2-7,10,13-14,17,28,32H,8-9,11-12,15-16H2,1H3,(H,29,31). The van der Waals surface area contributed by atoms with Crippen LogP contribution in [0.2, 0.25) is 0 Å². The largest absolute Gasteiger partial charge is 0.482 e. The lowest BCUT2D eigenvalue weighted by Crippen LogP contribution is -2.40. The highest BCUT2D eigenvalue weighted by molar-refractivity contribution is 5.96. The Morgan fingerprint density at radius 3 is 2.94 bits per heavy atom. The molecule has 1 aromatic carbocycles. The number of benzene rings is 1. The summed E-state index contributed by atoms with van der Waals surface area (Å²) < 4.78 is 10.7. The molecule has 0 bridgehead atoms. The van der Waals surface area contributed by atoms with Crippen molar-refractivity contribution in [3.63, 3.8) is 0 Å². The second-order valence-corrected chi connectivity index (χ2v) is 8.94. The van der Waals surface area contributed by atoms with Crippen molar-refractivity contribution in [3.05, 3.63) is 54.2 Å². The topological polar surface area (TPSA) is 106 Å². The van der Waals surface area contributed by atoms with E-state index in [9.17, 15) is 9.90 Å². The van der Waals surface area contributed by atoms with E-state index in [1.165, 1.54) is 0 Å². The van der Waals surface area contributed by atoms with E-state index in [2.05, 4.69) is 32.8 Å². The highest BCUT2D eigenvalue weighted by Gasteiger charge is 2.32. The molecule has 0 unspecified atom stereocenters. The molecule has 5 rings (SSSR count). The van der Waals surface area contributed by atoms with Crippen molar-refractivity contribution in [2.24, 2.45) is 5.92 Å². The fraction of sp³-hybridized carbons (Fsp3) is 0.346. The van der Waals surface area contributed by atoms with Crippen LogP contribution in [0.3, 0.4) is 0 Å². The van der Waals surface area contributed by atoms with Crippen molar-refractivity contribution >= 4 is 34.4 Å². The summed E-state index contributed by atoms with van der Waals surface area (Å²) in [6, 6.07) is 11.3. The first-order valence-corrected chi connectivity index (χ1v) is 11.5. The summed E-state index contributed by atoms with van der Waals surface area (Å²) in [6.45, 7) is 0.493. The molecule has 1 saturated carbocycles. The van der Waals surface area contributed by atoms with Gasteiger partial charge in [-0.2, -0.15) is 0 Å². The van der Waals surface area contributed by atoms with E-state index in [1.54, 1.807) is 13.3 Å². The van der Waals surface area contributed by atoms with Gasteiger partial charge in [0.2, 0.25) is 5.88 Å². The van der Waals surface area contributed by atoms with Crippen LogP contribution in [0.5, 0.6) is 11.6 Å². The van der Waals surface area contributed by atoms with Gasteiger partial charge in [0.25, 0.3) is 5.91 Å². The fourth-order valence-corrected chi connectivity index (χ4v) is 4.52. The lowest BCUT2D eigenvalue weighted by molar-refractivity contribution is -0.118. The summed E-state index contributed by atoms with van der Waals surface area (Å²) in [6.07, 6.45) is 9.35. The molecule has 3 aromatic rings. The summed E-state index contributed by atoms with van der Waals surface area (Å²) in [5.41, 5.74) is 3.39. The molecule has 1 amide bonds. The van der Waals surface area contributed by atoms with E-state index in [0.717, 1.165) is 35.1 Å². The number of carbonyl (C=O) groups excluding carboxylic acids is 1. The number of ether oxygens (including phenoxy) is 2. The average Bonchev–Trinajstić information content (AvgIpc) is 2.86. The highest BCUT2D eigenvalue weighted by Crippen LogP contribution is 2.35. The van der Waals surface area contributed by atoms with Crippen LogP contribution in [0.4, 0.5) is 11.4 Å². The van der Waals surface area contributed by atoms with Gasteiger partial charge in [0.05, 0.1) is 29.4 Å². The van der Waals surface area contributed by atoms with Crippen LogP contribution in [0, 0.1) is 5.92 Å². The molecule has 2 aliphatic rings. The summed E-state index contributed by atoms with van der Waals surface area (Å²) in [5, 5.41) is 17.2. The number of anilines is 2. The third-order valence-corrected chi connectivity index (χ3v) is 6.54. The van der Waals surface area contributed by atoms with Crippen LogP contribution in [-0.4, -0.2) is 46.8 Å². The van der Waals surface area contributed by atoms with E-state index < -0.39 is 5.60 Å². The molecule has 1 fully saturated rings. The number of rotatable bonds is 6. The van der Waals surface area contributed by atoms with Crippen LogP contribution < -0.4 is 20.1 Å². The number of methoxy groups -OCH3 is 1. The molecule has 8 heteroatoms. The van der Waals surface area contributed by atoms with Crippen molar-refractivity contribution in [1.29, 1.82) is 0 Å². The normalized spacial score (nSPS) is 22.2. The fourth-order valence-electron chi connectivity index (χ4n) is 4.52. The molecule has 0 spiro atoms. The quantitative estimate of drug-likeness (QED) is 0.510. The van der Waals surface area contributed by atoms with Gasteiger partial charge < -0.3 is 25.2 Å². The summed E-state index contributed by atoms with van der Waals surface area (Å²) in [4.78, 5) is 20.5. The summed E-state index contributed by atoms with van der Waals surface area (Å²) in [7, 11) is 1.61. The first-order valence-electron chi connectivity index (χ1n) is 11.5. The van der Waals surface area contributed by atoms with Gasteiger partial charge in [-0.3, -0.25) is 9.78 Å². The molecule has 1 aliphatic heterocycles. The van der Waals surface area contributed by atoms with Gasteiger partial charge in [0.15, 0.2) is 6.61 Å². The molecule has 3 N–H and O–H groups in total. The molecule has 0 atom stereocenters. The van der Waals surface area contributed by atoms with Crippen LogP contribution >= 0.6 is 0 Å². The Bertz CT molecular complexity index is 1230. The maximum absolute atomic E-state index is 11.5. The van der Waals surface area contributed by atoms with Crippen LogP contribution in [0.1, 0.15) is 31.2 Å². The summed E-state index contributed by atoms with van der Waals surface area (Å²) in [5.74, 6) is 1.46. The number of aliphatic hydroxyl groups is 1. The Balaban J connectivity index is 1.19. The van der Waals surface area contributed by atoms with E-state index >= 15 is 0 Å². The SMILES string of the molecule is COc1ccc2nccc(C=CC3CCC(O)(CNc4ccc5c(c4)NC(=O)CO5)CC3)c2n1. The zero-order valence-corrected chi connectivity index (χ0v) is 19.1. The molecule has 8 nitrogen and oxygen atoms in total. The molecule has 2 aromatic heterocycles. The Kier molecular flexibility index (Phi) is 6.06. The number of allylic oxidation sites excluding steroid dienone is 1. The molecular weight excluding hydrogens is 432 g/mol. The second-order valence-electron chi connectivity index (χ2n) is 8.94. The zero-order chi connectivity index (χ0) is 23.5. The van der Waals surface area contributed by atoms with Crippen molar-refractivity contribution in [1.82, 2.24) is 9.97 Å². The van der Waals surface area contributed by atoms with Crippen molar-refractivity contribution in [2.45, 2.75) is 31.3 Å². The third-order valence-electron chi connectivity index (χ3n) is 6.54. The highest BCUT2D eigenvalue weighted by atomic mass is 16.5. The third kappa shape index (κ3) is 4.82. The molecular formula is C26H28N4O4. The maximum atomic E-state index is 11.5. The minimum atomic E-state index is -0.766. The molecule has 176 valence electrons. The number of pyridine rings is 2. The Morgan fingerprint density at radius 1 is 1.26 bits per heavy atom. The van der Waals surface area contributed by atoms with Gasteiger partial charge in [-0.25, -0.2) is 4.98 Å². The Labute approximate surface area is 198 Å². The molecule has 34 heavy (non-hydrogen) atoms. The van der Waals surface area contributed by atoms with Crippen LogP contribution in [-0.2, 0) is 4.79 Å². The number of amides is 1. The maximum Gasteiger partial charge on any atom is 0.262 e. The number of aromatic nitrogens is 2. The number of hydrogen-bond donors (Lipinski definition) is 3. The number of carbonyl (C=O) groups is 1. The van der Waals surface area contributed by atoms with E-state index in [4.69, 9.17) is 9.47 Å². The zero-order valence-electron chi connectivity index (χ0n) is 19.1. The predicted octanol–water partition coefficient (Wildman–Crippen LogP) is 4.02. The summed E-state index contributed by atoms with van der Waals surface area (Å²) >= 11 is 0. The number of nitrogens with zero attached hydrogens (tertiary/aromatic N) is 2. The van der Waals surface area contributed by atoms with Gasteiger partial charge in [0.1, 0.15) is 5.75 Å². The van der Waals surface area contributed by atoms with Crippen molar-refractivity contribution in [2.75, 3.05) is 30.9 Å². The Hall–Kier alpha value is -3.65. The van der Waals surface area contributed by atoms with Crippen molar-refractivity contribution in [3.8, 4) is 11.6 Å². The number of hydrogen-bond acceptors (Lipinski definition) is 7. The van der Waals surface area contributed by atoms with Crippen molar-refractivity contribution < 1.29 is 19.4 Å². The van der Waals surface area contributed by atoms with Crippen LogP contribution in [0.25, 0.3) is 17.1 Å². The second kappa shape index (κ2) is 9.30. The average molecular weight is 461 g/mol. The van der Waals surface area contributed by atoms with Gasteiger partial charge in [-0.15, -0.1) is 0 Å². The first-order chi connectivity index (χ1) is 16.5. The number of fused-ring (bicyclic) bond motifs is 2. The minimum absolute atomic E-state index is 0.0389. The monoisotopic (exact) mass is 460 g/mol. The molecule has 3 heterocycles. The smallest absolute Gasteiger partial charge is 0.262 e. The Morgan fingerprint density at radius 2 is 2.12 bits per heavy atom. The molecule has 0 radical (unpaired) electrons. The van der Waals surface area contributed by atoms with E-state index in [0.29, 0.717) is 42.6 Å². The van der Waals surface area contributed by atoms with Gasteiger partial charge >= 0.3 is 0 Å². The lowest BCUT2D eigenvalue weighted by Gasteiger charge is -2.35. The first kappa shape index (κ1) is 22.2.